The molecule has 16 heavy (non-hydrogen) atoms. The third-order valence-electron chi connectivity index (χ3n) is 3.36. The topological polar surface area (TPSA) is 37.4 Å². The molecule has 1 fully saturated rings. The Bertz CT molecular complexity index is 297. The van der Waals surface area contributed by atoms with Crippen LogP contribution in [-0.4, -0.2) is 36.9 Å². The fraction of sp³-hybridized carbons (Fsp3) is 1.00. The largest absolute Gasteiger partial charge is 0.217 e. The molecule has 1 saturated heterocycles. The summed E-state index contributed by atoms with van der Waals surface area (Å²) in [5.41, 5.74) is 0. The van der Waals surface area contributed by atoms with Crippen molar-refractivity contribution >= 4 is 21.6 Å². The van der Waals surface area contributed by atoms with Crippen molar-refractivity contribution in [3.8, 4) is 0 Å². The molecule has 0 aromatic rings. The Morgan fingerprint density at radius 1 is 1.38 bits per heavy atom. The van der Waals surface area contributed by atoms with E-state index in [1.54, 1.807) is 11.2 Å². The van der Waals surface area contributed by atoms with Gasteiger partial charge in [-0.3, -0.25) is 0 Å². The van der Waals surface area contributed by atoms with E-state index in [1.807, 2.05) is 0 Å². The van der Waals surface area contributed by atoms with Crippen molar-refractivity contribution in [1.29, 1.82) is 0 Å². The van der Waals surface area contributed by atoms with Crippen LogP contribution in [0, 0.1) is 5.92 Å². The molecule has 1 heterocycles. The summed E-state index contributed by atoms with van der Waals surface area (Å²) in [5, 5.41) is -0.461. The molecule has 0 amide bonds. The van der Waals surface area contributed by atoms with E-state index in [1.165, 1.54) is 12.8 Å². The number of piperidine rings is 1. The number of rotatable bonds is 5. The van der Waals surface area contributed by atoms with Crippen molar-refractivity contribution < 1.29 is 8.42 Å². The molecule has 0 saturated carbocycles. The van der Waals surface area contributed by atoms with Crippen LogP contribution in [0.1, 0.15) is 39.5 Å². The van der Waals surface area contributed by atoms with Gasteiger partial charge in [0.2, 0.25) is 10.0 Å². The van der Waals surface area contributed by atoms with E-state index in [-0.39, 0.29) is 5.88 Å². The van der Waals surface area contributed by atoms with Crippen molar-refractivity contribution in [3.63, 3.8) is 0 Å². The summed E-state index contributed by atoms with van der Waals surface area (Å²) in [6, 6.07) is 0. The molecule has 0 aromatic heterocycles. The smallest absolute Gasteiger partial charge is 0.212 e. The first-order valence-electron chi connectivity index (χ1n) is 6.07. The van der Waals surface area contributed by atoms with Crippen molar-refractivity contribution in [2.45, 2.75) is 44.8 Å². The maximum absolute atomic E-state index is 12.0. The molecule has 0 aromatic carbocycles. The van der Waals surface area contributed by atoms with E-state index >= 15 is 0 Å². The number of alkyl halides is 1. The molecule has 96 valence electrons. The van der Waals surface area contributed by atoms with Gasteiger partial charge in [-0.05, 0) is 25.7 Å². The van der Waals surface area contributed by atoms with Crippen LogP contribution in [0.5, 0.6) is 0 Å². The van der Waals surface area contributed by atoms with Gasteiger partial charge in [0.05, 0.1) is 5.25 Å². The van der Waals surface area contributed by atoms with Gasteiger partial charge in [0, 0.05) is 19.0 Å². The minimum Gasteiger partial charge on any atom is -0.212 e. The highest BCUT2D eigenvalue weighted by Crippen LogP contribution is 2.24. The zero-order valence-corrected chi connectivity index (χ0v) is 11.7. The lowest BCUT2D eigenvalue weighted by Gasteiger charge is -2.32. The van der Waals surface area contributed by atoms with E-state index in [0.29, 0.717) is 19.0 Å². The minimum atomic E-state index is -3.15. The highest BCUT2D eigenvalue weighted by molar-refractivity contribution is 7.89. The number of sulfonamides is 1. The molecule has 0 spiro atoms. The molecule has 3 nitrogen and oxygen atoms in total. The summed E-state index contributed by atoms with van der Waals surface area (Å²) in [6.07, 6.45) is 4.42. The zero-order chi connectivity index (χ0) is 12.2. The lowest BCUT2D eigenvalue weighted by molar-refractivity contribution is 0.261. The number of hydrogen-bond donors (Lipinski definition) is 0. The van der Waals surface area contributed by atoms with Crippen LogP contribution in [0.15, 0.2) is 0 Å². The Morgan fingerprint density at radius 2 is 1.94 bits per heavy atom. The summed E-state index contributed by atoms with van der Waals surface area (Å²) in [4.78, 5) is 0. The second kappa shape index (κ2) is 6.22. The fourth-order valence-electron chi connectivity index (χ4n) is 2.19. The highest BCUT2D eigenvalue weighted by atomic mass is 35.5. The summed E-state index contributed by atoms with van der Waals surface area (Å²) < 4.78 is 25.7. The van der Waals surface area contributed by atoms with Crippen molar-refractivity contribution in [2.75, 3.05) is 19.0 Å². The second-order valence-electron chi connectivity index (χ2n) is 4.64. The van der Waals surface area contributed by atoms with E-state index in [9.17, 15) is 8.42 Å². The van der Waals surface area contributed by atoms with Gasteiger partial charge < -0.3 is 0 Å². The van der Waals surface area contributed by atoms with Crippen LogP contribution in [-0.2, 0) is 10.0 Å². The second-order valence-corrected chi connectivity index (χ2v) is 7.30. The van der Waals surface area contributed by atoms with Crippen molar-refractivity contribution in [3.05, 3.63) is 0 Å². The average molecular weight is 268 g/mol. The maximum Gasteiger partial charge on any atom is 0.217 e. The lowest BCUT2D eigenvalue weighted by Crippen LogP contribution is -2.43. The fourth-order valence-corrected chi connectivity index (χ4v) is 4.06. The molecule has 5 heteroatoms. The van der Waals surface area contributed by atoms with Crippen LogP contribution < -0.4 is 0 Å². The Labute approximate surface area is 104 Å². The molecule has 1 atom stereocenters. The first kappa shape index (κ1) is 14.3. The van der Waals surface area contributed by atoms with Crippen LogP contribution in [0.2, 0.25) is 0 Å². The molecule has 1 aliphatic rings. The molecule has 0 radical (unpaired) electrons. The highest BCUT2D eigenvalue weighted by Gasteiger charge is 2.31. The number of halogens is 1. The third-order valence-corrected chi connectivity index (χ3v) is 6.27. The summed E-state index contributed by atoms with van der Waals surface area (Å²) in [6.45, 7) is 5.21. The van der Waals surface area contributed by atoms with Gasteiger partial charge in [-0.15, -0.1) is 11.6 Å². The monoisotopic (exact) mass is 267 g/mol. The van der Waals surface area contributed by atoms with Gasteiger partial charge in [0.1, 0.15) is 0 Å². The first-order chi connectivity index (χ1) is 7.52. The Balaban J connectivity index is 2.53. The molecule has 1 aliphatic heterocycles. The normalized spacial score (nSPS) is 22.2. The lowest BCUT2D eigenvalue weighted by atomic mass is 9.94. The molecular weight excluding hydrogens is 246 g/mol. The molecular formula is C11H22ClNO2S. The molecule has 0 bridgehead atoms. The summed E-state index contributed by atoms with van der Waals surface area (Å²) >= 11 is 5.63. The minimum absolute atomic E-state index is 0.178. The predicted octanol–water partition coefficient (Wildman–Crippen LogP) is 2.46. The number of nitrogens with zero attached hydrogens (tertiary/aromatic N) is 1. The van der Waals surface area contributed by atoms with E-state index < -0.39 is 15.3 Å². The van der Waals surface area contributed by atoms with Gasteiger partial charge in [0.15, 0.2) is 0 Å². The standard InChI is InChI=1S/C11H22ClNO2S/c1-3-4-11-5-7-13(8-6-11)16(14,15)10(2)9-12/h10-11H,3-9H2,1-2H3. The van der Waals surface area contributed by atoms with E-state index in [2.05, 4.69) is 6.92 Å². The molecule has 1 unspecified atom stereocenters. The molecule has 1 rings (SSSR count). The van der Waals surface area contributed by atoms with Crippen molar-refractivity contribution in [2.24, 2.45) is 5.92 Å². The maximum atomic E-state index is 12.0. The Morgan fingerprint density at radius 3 is 2.38 bits per heavy atom. The van der Waals surface area contributed by atoms with E-state index in [4.69, 9.17) is 11.6 Å². The van der Waals surface area contributed by atoms with Gasteiger partial charge in [-0.1, -0.05) is 19.8 Å². The summed E-state index contributed by atoms with van der Waals surface area (Å²) in [7, 11) is -3.15. The van der Waals surface area contributed by atoms with Gasteiger partial charge in [-0.2, -0.15) is 0 Å². The summed E-state index contributed by atoms with van der Waals surface area (Å²) in [5.74, 6) is 0.889. The number of hydrogen-bond acceptors (Lipinski definition) is 2. The quantitative estimate of drug-likeness (QED) is 0.718. The van der Waals surface area contributed by atoms with Gasteiger partial charge in [0.25, 0.3) is 0 Å². The van der Waals surface area contributed by atoms with E-state index in [0.717, 1.165) is 12.8 Å². The average Bonchev–Trinajstić information content (AvgIpc) is 2.29. The van der Waals surface area contributed by atoms with Gasteiger partial charge >= 0.3 is 0 Å². The van der Waals surface area contributed by atoms with Gasteiger partial charge in [-0.25, -0.2) is 12.7 Å². The molecule has 0 aliphatic carbocycles. The third kappa shape index (κ3) is 3.34. The van der Waals surface area contributed by atoms with Crippen molar-refractivity contribution in [1.82, 2.24) is 4.31 Å². The van der Waals surface area contributed by atoms with Crippen LogP contribution in [0.4, 0.5) is 0 Å². The zero-order valence-electron chi connectivity index (χ0n) is 10.2. The van der Waals surface area contributed by atoms with Crippen LogP contribution in [0.25, 0.3) is 0 Å². The Kier molecular flexibility index (Phi) is 5.54. The molecule has 0 N–H and O–H groups in total. The SMILES string of the molecule is CCCC1CCN(S(=O)(=O)C(C)CCl)CC1. The van der Waals surface area contributed by atoms with Crippen LogP contribution >= 0.6 is 11.6 Å². The Hall–Kier alpha value is 0.200. The predicted molar refractivity (Wildman–Crippen MR) is 68.3 cm³/mol. The van der Waals surface area contributed by atoms with Crippen LogP contribution in [0.3, 0.4) is 0 Å². The first-order valence-corrected chi connectivity index (χ1v) is 8.11.